The number of aromatic nitrogens is 4. The van der Waals surface area contributed by atoms with E-state index in [1.54, 1.807) is 12.4 Å². The van der Waals surface area contributed by atoms with Crippen molar-refractivity contribution in [3.63, 3.8) is 0 Å². The fraction of sp³-hybridized carbons (Fsp3) is 0.0476. The molecule has 2 heterocycles. The Bertz CT molecular complexity index is 1110. The first-order valence-electron chi connectivity index (χ1n) is 8.33. The van der Waals surface area contributed by atoms with Crippen molar-refractivity contribution >= 4 is 22.1 Å². The molecule has 5 heteroatoms. The quantitative estimate of drug-likeness (QED) is 0.409. The van der Waals surface area contributed by atoms with Crippen molar-refractivity contribution < 1.29 is 5.11 Å². The largest absolute Gasteiger partial charge is 0.507 e. The molecule has 0 aliphatic rings. The minimum atomic E-state index is 0.245. The molecule has 3 N–H and O–H groups in total. The van der Waals surface area contributed by atoms with Gasteiger partial charge in [0.1, 0.15) is 11.6 Å². The number of aryl methyl sites for hydroxylation is 1. The zero-order valence-electron chi connectivity index (χ0n) is 14.3. The molecule has 128 valence electrons. The van der Waals surface area contributed by atoms with Crippen LogP contribution in [0.25, 0.3) is 33.5 Å². The van der Waals surface area contributed by atoms with Crippen LogP contribution in [0.3, 0.4) is 0 Å². The second-order valence-corrected chi connectivity index (χ2v) is 6.04. The molecule has 3 aromatic carbocycles. The summed E-state index contributed by atoms with van der Waals surface area (Å²) in [4.78, 5) is 14.7. The number of nitrogens with zero attached hydrogens (tertiary/aromatic N) is 2. The van der Waals surface area contributed by atoms with Crippen LogP contribution in [-0.2, 0) is 0 Å². The number of para-hydroxylation sites is 4. The van der Waals surface area contributed by atoms with Gasteiger partial charge in [0.2, 0.25) is 0 Å². The maximum absolute atomic E-state index is 9.85. The summed E-state index contributed by atoms with van der Waals surface area (Å²) < 4.78 is 0. The first-order chi connectivity index (χ1) is 12.7. The molecule has 0 saturated heterocycles. The summed E-state index contributed by atoms with van der Waals surface area (Å²) in [6.07, 6.45) is 1.70. The number of imidazole rings is 2. The highest BCUT2D eigenvalue weighted by Gasteiger charge is 2.09. The second-order valence-electron chi connectivity index (χ2n) is 6.04. The fourth-order valence-electron chi connectivity index (χ4n) is 2.80. The average Bonchev–Trinajstić information content (AvgIpc) is 3.30. The molecule has 0 aliphatic heterocycles. The van der Waals surface area contributed by atoms with Crippen LogP contribution in [-0.4, -0.2) is 25.0 Å². The molecule has 0 amide bonds. The highest BCUT2D eigenvalue weighted by molar-refractivity contribution is 5.80. The van der Waals surface area contributed by atoms with E-state index in [4.69, 9.17) is 0 Å². The number of hydrogen-bond donors (Lipinski definition) is 3. The Morgan fingerprint density at radius 1 is 0.846 bits per heavy atom. The monoisotopic (exact) mass is 342 g/mol. The van der Waals surface area contributed by atoms with Crippen LogP contribution in [0.2, 0.25) is 0 Å². The normalized spacial score (nSPS) is 10.7. The lowest BCUT2D eigenvalue weighted by Crippen LogP contribution is -1.83. The lowest BCUT2D eigenvalue weighted by atomic mass is 10.1. The number of hydrogen-bond acceptors (Lipinski definition) is 3. The van der Waals surface area contributed by atoms with E-state index in [-0.39, 0.29) is 5.75 Å². The Labute approximate surface area is 150 Å². The van der Waals surface area contributed by atoms with Crippen LogP contribution in [0.15, 0.2) is 73.1 Å². The van der Waals surface area contributed by atoms with E-state index >= 15 is 0 Å². The number of phenolic OH excluding ortho intramolecular Hbond substituents is 1. The van der Waals surface area contributed by atoms with Gasteiger partial charge in [0.05, 0.1) is 34.0 Å². The van der Waals surface area contributed by atoms with Crippen molar-refractivity contribution in [1.82, 2.24) is 19.9 Å². The van der Waals surface area contributed by atoms with Crippen molar-refractivity contribution in [2.45, 2.75) is 6.92 Å². The predicted octanol–water partition coefficient (Wildman–Crippen LogP) is 4.81. The Morgan fingerprint density at radius 2 is 1.58 bits per heavy atom. The van der Waals surface area contributed by atoms with Crippen LogP contribution in [0, 0.1) is 6.92 Å². The fourth-order valence-corrected chi connectivity index (χ4v) is 2.80. The van der Waals surface area contributed by atoms with Crippen LogP contribution < -0.4 is 0 Å². The Kier molecular flexibility index (Phi) is 4.11. The Morgan fingerprint density at radius 3 is 2.35 bits per heavy atom. The number of rotatable bonds is 1. The van der Waals surface area contributed by atoms with Crippen molar-refractivity contribution in [3.8, 4) is 17.1 Å². The third-order valence-corrected chi connectivity index (χ3v) is 4.12. The van der Waals surface area contributed by atoms with Gasteiger partial charge < -0.3 is 15.1 Å². The van der Waals surface area contributed by atoms with E-state index in [2.05, 4.69) is 19.9 Å². The molecule has 2 aromatic heterocycles. The van der Waals surface area contributed by atoms with E-state index in [1.807, 2.05) is 67.6 Å². The highest BCUT2D eigenvalue weighted by Crippen LogP contribution is 2.29. The molecule has 5 nitrogen and oxygen atoms in total. The molecular formula is C21H18N4O. The third kappa shape index (κ3) is 3.15. The van der Waals surface area contributed by atoms with Gasteiger partial charge in [-0.2, -0.15) is 0 Å². The second kappa shape index (κ2) is 6.72. The van der Waals surface area contributed by atoms with Gasteiger partial charge in [-0.15, -0.1) is 0 Å². The SMILES string of the molecule is Cc1ccc(O)c(-c2nc3ccccc3[nH]2)c1.c1ccc2[nH]cnc2c1. The van der Waals surface area contributed by atoms with Crippen molar-refractivity contribution in [2.75, 3.05) is 0 Å². The molecule has 26 heavy (non-hydrogen) atoms. The van der Waals surface area contributed by atoms with E-state index < -0.39 is 0 Å². The first-order valence-corrected chi connectivity index (χ1v) is 8.33. The molecular weight excluding hydrogens is 324 g/mol. The molecule has 0 radical (unpaired) electrons. The number of phenols is 1. The minimum absolute atomic E-state index is 0.245. The maximum atomic E-state index is 9.85. The van der Waals surface area contributed by atoms with Gasteiger partial charge in [0, 0.05) is 0 Å². The predicted molar refractivity (Wildman–Crippen MR) is 104 cm³/mol. The van der Waals surface area contributed by atoms with Crippen molar-refractivity contribution in [2.24, 2.45) is 0 Å². The lowest BCUT2D eigenvalue weighted by molar-refractivity contribution is 0.477. The van der Waals surface area contributed by atoms with Crippen LogP contribution >= 0.6 is 0 Å². The number of benzene rings is 3. The van der Waals surface area contributed by atoms with Crippen molar-refractivity contribution in [3.05, 3.63) is 78.6 Å². The van der Waals surface area contributed by atoms with Gasteiger partial charge in [0.15, 0.2) is 0 Å². The number of nitrogens with one attached hydrogen (secondary N) is 2. The molecule has 5 aromatic rings. The molecule has 0 bridgehead atoms. The standard InChI is InChI=1S/C14H12N2O.C7H6N2/c1-9-6-7-13(17)10(8-9)14-15-11-4-2-3-5-12(11)16-14;1-2-4-7-6(3-1)8-5-9-7/h2-8,17H,1H3,(H,15,16);1-5H,(H,8,9). The van der Waals surface area contributed by atoms with Gasteiger partial charge in [-0.05, 0) is 43.3 Å². The smallest absolute Gasteiger partial charge is 0.142 e. The number of fused-ring (bicyclic) bond motifs is 2. The molecule has 0 unspecified atom stereocenters. The Balaban J connectivity index is 0.000000157. The van der Waals surface area contributed by atoms with Gasteiger partial charge in [-0.1, -0.05) is 35.9 Å². The summed E-state index contributed by atoms with van der Waals surface area (Å²) in [6.45, 7) is 1.99. The van der Waals surface area contributed by atoms with Crippen LogP contribution in [0.4, 0.5) is 0 Å². The molecule has 0 saturated carbocycles. The summed E-state index contributed by atoms with van der Waals surface area (Å²) in [7, 11) is 0. The molecule has 0 spiro atoms. The average molecular weight is 342 g/mol. The summed E-state index contributed by atoms with van der Waals surface area (Å²) in [5.41, 5.74) is 5.83. The molecule has 5 rings (SSSR count). The Hall–Kier alpha value is -3.60. The zero-order chi connectivity index (χ0) is 17.9. The molecule has 0 fully saturated rings. The number of aromatic hydroxyl groups is 1. The highest BCUT2D eigenvalue weighted by atomic mass is 16.3. The van der Waals surface area contributed by atoms with E-state index in [9.17, 15) is 5.11 Å². The summed E-state index contributed by atoms with van der Waals surface area (Å²) >= 11 is 0. The van der Waals surface area contributed by atoms with Crippen molar-refractivity contribution in [1.29, 1.82) is 0 Å². The maximum Gasteiger partial charge on any atom is 0.142 e. The third-order valence-electron chi connectivity index (χ3n) is 4.12. The lowest BCUT2D eigenvalue weighted by Gasteiger charge is -2.01. The summed E-state index contributed by atoms with van der Waals surface area (Å²) in [5.74, 6) is 0.946. The topological polar surface area (TPSA) is 77.6 Å². The zero-order valence-corrected chi connectivity index (χ0v) is 14.3. The van der Waals surface area contributed by atoms with Crippen LogP contribution in [0.1, 0.15) is 5.56 Å². The first kappa shape index (κ1) is 15.9. The summed E-state index contributed by atoms with van der Waals surface area (Å²) in [5, 5.41) is 9.85. The van der Waals surface area contributed by atoms with Gasteiger partial charge in [-0.3, -0.25) is 0 Å². The van der Waals surface area contributed by atoms with E-state index in [0.29, 0.717) is 5.82 Å². The minimum Gasteiger partial charge on any atom is -0.507 e. The molecule has 0 atom stereocenters. The van der Waals surface area contributed by atoms with Crippen LogP contribution in [0.5, 0.6) is 5.75 Å². The molecule has 0 aliphatic carbocycles. The van der Waals surface area contributed by atoms with Gasteiger partial charge >= 0.3 is 0 Å². The number of H-pyrrole nitrogens is 2. The van der Waals surface area contributed by atoms with Gasteiger partial charge in [-0.25, -0.2) is 9.97 Å². The van der Waals surface area contributed by atoms with E-state index in [1.165, 1.54) is 0 Å². The van der Waals surface area contributed by atoms with Gasteiger partial charge in [0.25, 0.3) is 0 Å². The van der Waals surface area contributed by atoms with E-state index in [0.717, 1.165) is 33.2 Å². The number of aromatic amines is 2. The summed E-state index contributed by atoms with van der Waals surface area (Å²) in [6, 6.07) is 21.3.